The van der Waals surface area contributed by atoms with E-state index in [2.05, 4.69) is 15.8 Å². The van der Waals surface area contributed by atoms with Gasteiger partial charge in [-0.2, -0.15) is 5.26 Å². The number of aromatic nitrogens is 2. The maximum atomic E-state index is 11.2. The summed E-state index contributed by atoms with van der Waals surface area (Å²) in [5.74, 6) is -0.502. The summed E-state index contributed by atoms with van der Waals surface area (Å²) < 4.78 is 6.18. The standard InChI is InChI=1S/C12H9N3O2/c1-17-12(16)10-7-15(8-14-10)11-5-3-2-4-9(11)6-13/h2-5,7-8H,1H3. The minimum atomic E-state index is -0.502. The van der Waals surface area contributed by atoms with Crippen LogP contribution < -0.4 is 0 Å². The molecule has 0 unspecified atom stereocenters. The number of ether oxygens (including phenoxy) is 1. The van der Waals surface area contributed by atoms with Crippen LogP contribution in [0.2, 0.25) is 0 Å². The van der Waals surface area contributed by atoms with Crippen molar-refractivity contribution in [2.75, 3.05) is 7.11 Å². The third-order valence-electron chi connectivity index (χ3n) is 2.28. The Balaban J connectivity index is 2.44. The van der Waals surface area contributed by atoms with Crippen LogP contribution >= 0.6 is 0 Å². The fourth-order valence-corrected chi connectivity index (χ4v) is 1.46. The van der Waals surface area contributed by atoms with Crippen molar-refractivity contribution >= 4 is 5.97 Å². The van der Waals surface area contributed by atoms with Gasteiger partial charge in [-0.25, -0.2) is 9.78 Å². The molecule has 1 aromatic carbocycles. The number of nitriles is 1. The Labute approximate surface area is 97.9 Å². The number of hydrogen-bond acceptors (Lipinski definition) is 4. The van der Waals surface area contributed by atoms with Crippen molar-refractivity contribution in [2.45, 2.75) is 0 Å². The highest BCUT2D eigenvalue weighted by Gasteiger charge is 2.11. The molecular formula is C12H9N3O2. The minimum Gasteiger partial charge on any atom is -0.464 e. The monoisotopic (exact) mass is 227 g/mol. The van der Waals surface area contributed by atoms with Crippen molar-refractivity contribution in [1.29, 1.82) is 5.26 Å². The molecule has 2 aromatic rings. The van der Waals surface area contributed by atoms with E-state index in [-0.39, 0.29) is 5.69 Å². The lowest BCUT2D eigenvalue weighted by Gasteiger charge is -2.02. The summed E-state index contributed by atoms with van der Waals surface area (Å²) in [5.41, 5.74) is 1.40. The maximum Gasteiger partial charge on any atom is 0.358 e. The number of esters is 1. The van der Waals surface area contributed by atoms with Gasteiger partial charge in [-0.3, -0.25) is 0 Å². The SMILES string of the molecule is COC(=O)c1cn(-c2ccccc2C#N)cn1. The van der Waals surface area contributed by atoms with Crippen molar-refractivity contribution in [2.24, 2.45) is 0 Å². The minimum absolute atomic E-state index is 0.209. The molecule has 0 spiro atoms. The van der Waals surface area contributed by atoms with E-state index in [1.807, 2.05) is 6.07 Å². The van der Waals surface area contributed by atoms with Gasteiger partial charge in [0, 0.05) is 6.20 Å². The molecular weight excluding hydrogens is 218 g/mol. The van der Waals surface area contributed by atoms with E-state index in [4.69, 9.17) is 5.26 Å². The first-order chi connectivity index (χ1) is 8.26. The molecule has 0 saturated heterocycles. The summed E-state index contributed by atoms with van der Waals surface area (Å²) >= 11 is 0. The zero-order chi connectivity index (χ0) is 12.3. The van der Waals surface area contributed by atoms with Crippen LogP contribution in [0, 0.1) is 11.3 Å². The van der Waals surface area contributed by atoms with Gasteiger partial charge in [0.05, 0.1) is 18.4 Å². The predicted molar refractivity (Wildman–Crippen MR) is 59.6 cm³/mol. The molecule has 84 valence electrons. The molecule has 0 amide bonds. The first kappa shape index (κ1) is 10.9. The second-order valence-corrected chi connectivity index (χ2v) is 3.29. The van der Waals surface area contributed by atoms with Crippen LogP contribution in [-0.4, -0.2) is 22.6 Å². The zero-order valence-corrected chi connectivity index (χ0v) is 9.12. The molecule has 0 aliphatic rings. The fraction of sp³-hybridized carbons (Fsp3) is 0.0833. The lowest BCUT2D eigenvalue weighted by Crippen LogP contribution is -2.01. The highest BCUT2D eigenvalue weighted by molar-refractivity contribution is 5.86. The van der Waals surface area contributed by atoms with E-state index < -0.39 is 5.97 Å². The molecule has 0 N–H and O–H groups in total. The Bertz CT molecular complexity index is 596. The summed E-state index contributed by atoms with van der Waals surface area (Å²) in [4.78, 5) is 15.2. The van der Waals surface area contributed by atoms with Crippen LogP contribution in [0.3, 0.4) is 0 Å². The number of carbonyl (C=O) groups is 1. The molecule has 0 saturated carbocycles. The lowest BCUT2D eigenvalue weighted by molar-refractivity contribution is 0.0594. The quantitative estimate of drug-likeness (QED) is 0.729. The highest BCUT2D eigenvalue weighted by atomic mass is 16.5. The molecule has 5 nitrogen and oxygen atoms in total. The van der Waals surface area contributed by atoms with Crippen LogP contribution in [0.1, 0.15) is 16.1 Å². The Kier molecular flexibility index (Phi) is 2.88. The lowest BCUT2D eigenvalue weighted by atomic mass is 10.2. The summed E-state index contributed by atoms with van der Waals surface area (Å²) in [6.45, 7) is 0. The number of benzene rings is 1. The van der Waals surface area contributed by atoms with Gasteiger partial charge in [-0.05, 0) is 12.1 Å². The van der Waals surface area contributed by atoms with Gasteiger partial charge in [-0.15, -0.1) is 0 Å². The molecule has 5 heteroatoms. The van der Waals surface area contributed by atoms with E-state index in [9.17, 15) is 4.79 Å². The van der Waals surface area contributed by atoms with Gasteiger partial charge in [0.25, 0.3) is 0 Å². The van der Waals surface area contributed by atoms with E-state index in [0.29, 0.717) is 11.3 Å². The average Bonchev–Trinajstić information content (AvgIpc) is 2.87. The van der Waals surface area contributed by atoms with Crippen LogP contribution in [0.5, 0.6) is 0 Å². The number of para-hydroxylation sites is 1. The fourth-order valence-electron chi connectivity index (χ4n) is 1.46. The van der Waals surface area contributed by atoms with Crippen LogP contribution in [0.4, 0.5) is 0 Å². The predicted octanol–water partition coefficient (Wildman–Crippen LogP) is 1.53. The zero-order valence-electron chi connectivity index (χ0n) is 9.12. The van der Waals surface area contributed by atoms with Gasteiger partial charge < -0.3 is 9.30 Å². The number of rotatable bonds is 2. The topological polar surface area (TPSA) is 67.9 Å². The second kappa shape index (κ2) is 4.49. The molecule has 0 radical (unpaired) electrons. The van der Waals surface area contributed by atoms with Crippen LogP contribution in [-0.2, 0) is 4.74 Å². The summed E-state index contributed by atoms with van der Waals surface area (Å²) in [5, 5.41) is 8.97. The molecule has 0 bridgehead atoms. The van der Waals surface area contributed by atoms with Crippen molar-refractivity contribution < 1.29 is 9.53 Å². The third kappa shape index (κ3) is 2.01. The largest absolute Gasteiger partial charge is 0.464 e. The van der Waals surface area contributed by atoms with E-state index in [1.54, 1.807) is 22.8 Å². The molecule has 0 fully saturated rings. The molecule has 0 atom stereocenters. The number of carbonyl (C=O) groups excluding carboxylic acids is 1. The average molecular weight is 227 g/mol. The van der Waals surface area contributed by atoms with E-state index >= 15 is 0 Å². The van der Waals surface area contributed by atoms with Gasteiger partial charge in [0.1, 0.15) is 12.4 Å². The van der Waals surface area contributed by atoms with Crippen molar-refractivity contribution in [3.05, 3.63) is 48.0 Å². The smallest absolute Gasteiger partial charge is 0.358 e. The van der Waals surface area contributed by atoms with Gasteiger partial charge in [0.15, 0.2) is 5.69 Å². The maximum absolute atomic E-state index is 11.2. The Morgan fingerprint density at radius 1 is 1.47 bits per heavy atom. The summed E-state index contributed by atoms with van der Waals surface area (Å²) in [6.07, 6.45) is 3.00. The van der Waals surface area contributed by atoms with E-state index in [0.717, 1.165) is 0 Å². The number of imidazole rings is 1. The molecule has 1 heterocycles. The summed E-state index contributed by atoms with van der Waals surface area (Å²) in [6, 6.07) is 9.15. The van der Waals surface area contributed by atoms with Crippen molar-refractivity contribution in [1.82, 2.24) is 9.55 Å². The molecule has 1 aromatic heterocycles. The number of hydrogen-bond donors (Lipinski definition) is 0. The third-order valence-corrected chi connectivity index (χ3v) is 2.28. The Hall–Kier alpha value is -2.61. The van der Waals surface area contributed by atoms with Crippen LogP contribution in [0.15, 0.2) is 36.8 Å². The van der Waals surface area contributed by atoms with Crippen LogP contribution in [0.25, 0.3) is 5.69 Å². The highest BCUT2D eigenvalue weighted by Crippen LogP contribution is 2.14. The number of nitrogens with zero attached hydrogens (tertiary/aromatic N) is 3. The van der Waals surface area contributed by atoms with Gasteiger partial charge >= 0.3 is 5.97 Å². The van der Waals surface area contributed by atoms with Crippen molar-refractivity contribution in [3.63, 3.8) is 0 Å². The normalized spacial score (nSPS) is 9.65. The first-order valence-corrected chi connectivity index (χ1v) is 4.88. The molecule has 0 aliphatic carbocycles. The Morgan fingerprint density at radius 3 is 2.94 bits per heavy atom. The van der Waals surface area contributed by atoms with Gasteiger partial charge in [0.2, 0.25) is 0 Å². The summed E-state index contributed by atoms with van der Waals surface area (Å²) in [7, 11) is 1.30. The first-order valence-electron chi connectivity index (χ1n) is 4.88. The molecule has 2 rings (SSSR count). The Morgan fingerprint density at radius 2 is 2.24 bits per heavy atom. The molecule has 0 aliphatic heterocycles. The molecule has 17 heavy (non-hydrogen) atoms. The van der Waals surface area contributed by atoms with Gasteiger partial charge in [-0.1, -0.05) is 12.1 Å². The van der Waals surface area contributed by atoms with E-state index in [1.165, 1.54) is 19.6 Å². The second-order valence-electron chi connectivity index (χ2n) is 3.29. The number of methoxy groups -OCH3 is 1. The van der Waals surface area contributed by atoms with Crippen molar-refractivity contribution in [3.8, 4) is 11.8 Å².